The summed E-state index contributed by atoms with van der Waals surface area (Å²) in [7, 11) is 0. The molecule has 1 aliphatic heterocycles. The van der Waals surface area contributed by atoms with Crippen LogP contribution in [-0.4, -0.2) is 22.0 Å². The molecule has 2 unspecified atom stereocenters. The molecule has 1 saturated heterocycles. The Morgan fingerprint density at radius 2 is 2.22 bits per heavy atom. The quantitative estimate of drug-likeness (QED) is 0.883. The number of para-hydroxylation sites is 1. The molecule has 3 heteroatoms. The van der Waals surface area contributed by atoms with Gasteiger partial charge in [0, 0.05) is 16.7 Å². The van der Waals surface area contributed by atoms with E-state index in [1.165, 1.54) is 24.0 Å². The van der Waals surface area contributed by atoms with Gasteiger partial charge in [-0.25, -0.2) is 0 Å². The molecule has 2 atom stereocenters. The van der Waals surface area contributed by atoms with E-state index in [0.717, 1.165) is 11.2 Å². The highest BCUT2D eigenvalue weighted by molar-refractivity contribution is 8.00. The van der Waals surface area contributed by atoms with Crippen LogP contribution in [0.2, 0.25) is 0 Å². The first-order valence-corrected chi connectivity index (χ1v) is 7.61. The summed E-state index contributed by atoms with van der Waals surface area (Å²) in [6, 6.07) is 11.0. The van der Waals surface area contributed by atoms with Crippen LogP contribution in [0.5, 0.6) is 0 Å². The monoisotopic (exact) mass is 258 g/mol. The highest BCUT2D eigenvalue weighted by Gasteiger charge is 2.21. The molecule has 1 aromatic heterocycles. The van der Waals surface area contributed by atoms with Gasteiger partial charge in [0.25, 0.3) is 0 Å². The van der Waals surface area contributed by atoms with Gasteiger partial charge in [0.2, 0.25) is 0 Å². The van der Waals surface area contributed by atoms with Gasteiger partial charge in [-0.15, -0.1) is 0 Å². The molecule has 18 heavy (non-hydrogen) atoms. The largest absolute Gasteiger partial charge is 0.380 e. The van der Waals surface area contributed by atoms with Crippen LogP contribution in [0.3, 0.4) is 0 Å². The zero-order chi connectivity index (χ0) is 12.4. The molecule has 0 radical (unpaired) electrons. The maximum Gasteiger partial charge on any atom is 0.0703 e. The van der Waals surface area contributed by atoms with E-state index in [4.69, 9.17) is 0 Å². The minimum Gasteiger partial charge on any atom is -0.380 e. The van der Waals surface area contributed by atoms with Crippen LogP contribution in [0.4, 0.5) is 5.69 Å². The lowest BCUT2D eigenvalue weighted by Gasteiger charge is -2.29. The molecule has 1 N–H and O–H groups in total. The predicted octanol–water partition coefficient (Wildman–Crippen LogP) is 3.93. The highest BCUT2D eigenvalue weighted by Crippen LogP contribution is 2.28. The van der Waals surface area contributed by atoms with Crippen LogP contribution in [0, 0.1) is 0 Å². The molecule has 94 valence electrons. The van der Waals surface area contributed by atoms with Gasteiger partial charge in [-0.3, -0.25) is 4.98 Å². The van der Waals surface area contributed by atoms with E-state index in [9.17, 15) is 0 Å². The first-order chi connectivity index (χ1) is 8.83. The Kier molecular flexibility index (Phi) is 3.41. The zero-order valence-electron chi connectivity index (χ0n) is 10.6. The zero-order valence-corrected chi connectivity index (χ0v) is 11.4. The van der Waals surface area contributed by atoms with Gasteiger partial charge >= 0.3 is 0 Å². The van der Waals surface area contributed by atoms with Gasteiger partial charge in [0.1, 0.15) is 0 Å². The Hall–Kier alpha value is -1.22. The average molecular weight is 258 g/mol. The van der Waals surface area contributed by atoms with E-state index in [-0.39, 0.29) is 0 Å². The number of hydrogen-bond acceptors (Lipinski definition) is 3. The topological polar surface area (TPSA) is 24.9 Å². The molecular weight excluding hydrogens is 240 g/mol. The van der Waals surface area contributed by atoms with Crippen molar-refractivity contribution in [3.05, 3.63) is 36.5 Å². The number of pyridine rings is 1. The number of nitrogens with zero attached hydrogens (tertiary/aromatic N) is 1. The molecule has 1 aromatic carbocycles. The van der Waals surface area contributed by atoms with Gasteiger partial charge in [0.15, 0.2) is 0 Å². The lowest BCUT2D eigenvalue weighted by molar-refractivity contribution is 0.617. The van der Waals surface area contributed by atoms with Crippen molar-refractivity contribution >= 4 is 28.4 Å². The van der Waals surface area contributed by atoms with Crippen molar-refractivity contribution in [3.63, 3.8) is 0 Å². The first kappa shape index (κ1) is 11.8. The molecule has 0 amide bonds. The third kappa shape index (κ3) is 2.46. The molecule has 1 aliphatic rings. The fraction of sp³-hybridized carbons (Fsp3) is 0.400. The molecular formula is C15H18N2S. The molecule has 2 heterocycles. The normalized spacial score (nSPS) is 24.1. The molecule has 2 aromatic rings. The van der Waals surface area contributed by atoms with Gasteiger partial charge in [-0.2, -0.15) is 11.8 Å². The van der Waals surface area contributed by atoms with Crippen molar-refractivity contribution in [2.24, 2.45) is 0 Å². The Labute approximate surface area is 112 Å². The number of thioether (sulfide) groups is 1. The Morgan fingerprint density at radius 1 is 1.33 bits per heavy atom. The van der Waals surface area contributed by atoms with Crippen LogP contribution in [0.15, 0.2) is 36.5 Å². The molecule has 0 saturated carbocycles. The maximum absolute atomic E-state index is 4.50. The number of hydrogen-bond donors (Lipinski definition) is 1. The summed E-state index contributed by atoms with van der Waals surface area (Å²) in [6.45, 7) is 2.32. The Balaban J connectivity index is 1.81. The summed E-state index contributed by atoms with van der Waals surface area (Å²) >= 11 is 2.07. The van der Waals surface area contributed by atoms with E-state index in [1.54, 1.807) is 0 Å². The van der Waals surface area contributed by atoms with Crippen molar-refractivity contribution in [1.82, 2.24) is 4.98 Å². The average Bonchev–Trinajstić information content (AvgIpc) is 2.41. The number of rotatable bonds is 2. The van der Waals surface area contributed by atoms with Crippen molar-refractivity contribution in [2.75, 3.05) is 11.1 Å². The third-order valence-electron chi connectivity index (χ3n) is 3.55. The lowest BCUT2D eigenvalue weighted by Crippen LogP contribution is -2.32. The smallest absolute Gasteiger partial charge is 0.0703 e. The first-order valence-electron chi connectivity index (χ1n) is 6.56. The van der Waals surface area contributed by atoms with Crippen LogP contribution in [-0.2, 0) is 0 Å². The van der Waals surface area contributed by atoms with Crippen molar-refractivity contribution < 1.29 is 0 Å². The second-order valence-corrected chi connectivity index (χ2v) is 6.37. The van der Waals surface area contributed by atoms with Crippen molar-refractivity contribution in [2.45, 2.75) is 31.1 Å². The van der Waals surface area contributed by atoms with Crippen LogP contribution < -0.4 is 5.32 Å². The molecule has 3 rings (SSSR count). The summed E-state index contributed by atoms with van der Waals surface area (Å²) < 4.78 is 0. The third-order valence-corrected chi connectivity index (χ3v) is 4.93. The number of anilines is 1. The number of nitrogens with one attached hydrogen (secondary N) is 1. The summed E-state index contributed by atoms with van der Waals surface area (Å²) in [6.07, 6.45) is 4.53. The van der Waals surface area contributed by atoms with Crippen molar-refractivity contribution in [3.8, 4) is 0 Å². The molecule has 0 aliphatic carbocycles. The van der Waals surface area contributed by atoms with E-state index in [0.29, 0.717) is 11.3 Å². The molecule has 1 fully saturated rings. The minimum absolute atomic E-state index is 0.576. The molecule has 0 spiro atoms. The fourth-order valence-corrected chi connectivity index (χ4v) is 3.62. The van der Waals surface area contributed by atoms with Crippen LogP contribution in [0.25, 0.3) is 10.9 Å². The Bertz CT molecular complexity index is 541. The van der Waals surface area contributed by atoms with Gasteiger partial charge in [-0.05, 0) is 30.7 Å². The molecule has 2 nitrogen and oxygen atoms in total. The second-order valence-electron chi connectivity index (χ2n) is 4.89. The van der Waals surface area contributed by atoms with Crippen LogP contribution in [0.1, 0.15) is 19.8 Å². The summed E-state index contributed by atoms with van der Waals surface area (Å²) in [5.41, 5.74) is 2.21. The molecule has 0 bridgehead atoms. The van der Waals surface area contributed by atoms with E-state index >= 15 is 0 Å². The van der Waals surface area contributed by atoms with Crippen LogP contribution >= 0.6 is 11.8 Å². The fourth-order valence-electron chi connectivity index (χ4n) is 2.48. The van der Waals surface area contributed by atoms with Gasteiger partial charge < -0.3 is 5.32 Å². The van der Waals surface area contributed by atoms with Gasteiger partial charge in [-0.1, -0.05) is 25.1 Å². The summed E-state index contributed by atoms with van der Waals surface area (Å²) in [5.74, 6) is 1.30. The number of fused-ring (bicyclic) bond motifs is 1. The second kappa shape index (κ2) is 5.19. The van der Waals surface area contributed by atoms with Crippen molar-refractivity contribution in [1.29, 1.82) is 0 Å². The lowest BCUT2D eigenvalue weighted by atomic mass is 10.1. The summed E-state index contributed by atoms with van der Waals surface area (Å²) in [4.78, 5) is 4.50. The predicted molar refractivity (Wildman–Crippen MR) is 80.3 cm³/mol. The number of aromatic nitrogens is 1. The minimum atomic E-state index is 0.576. The summed E-state index contributed by atoms with van der Waals surface area (Å²) in [5, 5.41) is 5.53. The van der Waals surface area contributed by atoms with E-state index in [2.05, 4.69) is 53.3 Å². The SMILES string of the molecule is CC1SCCCC1Nc1cnc2ccccc2c1. The highest BCUT2D eigenvalue weighted by atomic mass is 32.2. The maximum atomic E-state index is 4.50. The van der Waals surface area contributed by atoms with E-state index in [1.807, 2.05) is 12.3 Å². The van der Waals surface area contributed by atoms with Gasteiger partial charge in [0.05, 0.1) is 17.4 Å². The standard InChI is InChI=1S/C15H18N2S/c1-11-14(7-4-8-18-11)17-13-9-12-5-2-3-6-15(12)16-10-13/h2-3,5-6,9-11,14,17H,4,7-8H2,1H3. The van der Waals surface area contributed by atoms with E-state index < -0.39 is 0 Å². The Morgan fingerprint density at radius 3 is 3.11 bits per heavy atom. The number of benzene rings is 1.